The first-order valence-corrected chi connectivity index (χ1v) is 13.1. The minimum absolute atomic E-state index is 0.0257. The Labute approximate surface area is 204 Å². The molecule has 0 spiro atoms. The van der Waals surface area contributed by atoms with Crippen molar-refractivity contribution < 1.29 is 19.1 Å². The molecule has 3 fully saturated rings. The zero-order valence-electron chi connectivity index (χ0n) is 19.8. The number of Topliss-reactive ketones (excluding diaryl/α,β-unsaturated/α-hetero) is 1. The summed E-state index contributed by atoms with van der Waals surface area (Å²) in [4.78, 5) is 38.5. The molecule has 0 bridgehead atoms. The van der Waals surface area contributed by atoms with Crippen molar-refractivity contribution in [2.75, 3.05) is 0 Å². The molecule has 6 atom stereocenters. The molecule has 5 rings (SSSR count). The van der Waals surface area contributed by atoms with E-state index in [2.05, 4.69) is 29.8 Å². The van der Waals surface area contributed by atoms with Gasteiger partial charge in [0.05, 0.1) is 5.56 Å². The number of ether oxygens (including phenoxy) is 1. The molecular formula is C28H33BrO4. The largest absolute Gasteiger partial charge is 0.447 e. The average molecular weight is 513 g/mol. The lowest BCUT2D eigenvalue weighted by molar-refractivity contribution is -0.161. The number of allylic oxidation sites excluding steroid dienone is 1. The highest BCUT2D eigenvalue weighted by Gasteiger charge is 2.67. The molecule has 4 aliphatic carbocycles. The van der Waals surface area contributed by atoms with E-state index in [0.29, 0.717) is 36.2 Å². The van der Waals surface area contributed by atoms with Gasteiger partial charge in [-0.1, -0.05) is 35.4 Å². The second-order valence-electron chi connectivity index (χ2n) is 11.2. The summed E-state index contributed by atoms with van der Waals surface area (Å²) in [5.74, 6) is 1.24. The van der Waals surface area contributed by atoms with Gasteiger partial charge in [-0.15, -0.1) is 0 Å². The van der Waals surface area contributed by atoms with E-state index in [9.17, 15) is 14.4 Å². The Kier molecular flexibility index (Phi) is 5.51. The Morgan fingerprint density at radius 1 is 0.970 bits per heavy atom. The Hall–Kier alpha value is -1.75. The van der Waals surface area contributed by atoms with Gasteiger partial charge in [-0.05, 0) is 105 Å². The van der Waals surface area contributed by atoms with Gasteiger partial charge in [0.15, 0.2) is 17.2 Å². The first kappa shape index (κ1) is 23.0. The van der Waals surface area contributed by atoms with E-state index in [4.69, 9.17) is 4.74 Å². The molecule has 33 heavy (non-hydrogen) atoms. The fraction of sp³-hybridized carbons (Fsp3) is 0.607. The van der Waals surface area contributed by atoms with E-state index in [1.807, 2.05) is 18.2 Å². The van der Waals surface area contributed by atoms with E-state index >= 15 is 0 Å². The fourth-order valence-corrected chi connectivity index (χ4v) is 8.44. The maximum absolute atomic E-state index is 13.2. The van der Waals surface area contributed by atoms with Crippen LogP contribution < -0.4 is 0 Å². The van der Waals surface area contributed by atoms with Gasteiger partial charge in [0.1, 0.15) is 0 Å². The Balaban J connectivity index is 1.46. The summed E-state index contributed by atoms with van der Waals surface area (Å²) >= 11 is 3.41. The molecule has 0 heterocycles. The van der Waals surface area contributed by atoms with Crippen LogP contribution in [0.15, 0.2) is 40.4 Å². The predicted octanol–water partition coefficient (Wildman–Crippen LogP) is 6.47. The van der Waals surface area contributed by atoms with Crippen molar-refractivity contribution >= 4 is 33.5 Å². The third-order valence-electron chi connectivity index (χ3n) is 10.00. The number of hydrogen-bond donors (Lipinski definition) is 0. The summed E-state index contributed by atoms with van der Waals surface area (Å²) in [7, 11) is 0. The lowest BCUT2D eigenvalue weighted by Crippen LogP contribution is -2.58. The number of hydrogen-bond acceptors (Lipinski definition) is 4. The van der Waals surface area contributed by atoms with Gasteiger partial charge >= 0.3 is 5.97 Å². The molecular weight excluding hydrogens is 480 g/mol. The number of esters is 1. The Bertz CT molecular complexity index is 1040. The number of halogens is 1. The number of ketones is 2. The summed E-state index contributed by atoms with van der Waals surface area (Å²) in [6.45, 7) is 6.17. The summed E-state index contributed by atoms with van der Waals surface area (Å²) in [6, 6.07) is 7.13. The van der Waals surface area contributed by atoms with Crippen LogP contribution >= 0.6 is 15.9 Å². The topological polar surface area (TPSA) is 60.4 Å². The van der Waals surface area contributed by atoms with Gasteiger partial charge in [0.2, 0.25) is 0 Å². The third kappa shape index (κ3) is 3.32. The number of rotatable bonds is 3. The molecule has 0 aliphatic heterocycles. The Morgan fingerprint density at radius 3 is 2.36 bits per heavy atom. The highest BCUT2D eigenvalue weighted by Crippen LogP contribution is 2.68. The molecule has 0 unspecified atom stereocenters. The van der Waals surface area contributed by atoms with Crippen LogP contribution in [0.2, 0.25) is 0 Å². The van der Waals surface area contributed by atoms with Crippen LogP contribution in [0.5, 0.6) is 0 Å². The molecule has 0 saturated heterocycles. The van der Waals surface area contributed by atoms with Gasteiger partial charge in [-0.2, -0.15) is 0 Å². The normalized spacial score (nSPS) is 39.7. The van der Waals surface area contributed by atoms with Gasteiger partial charge in [-0.3, -0.25) is 9.59 Å². The zero-order chi connectivity index (χ0) is 23.6. The van der Waals surface area contributed by atoms with E-state index in [1.54, 1.807) is 19.1 Å². The minimum Gasteiger partial charge on any atom is -0.447 e. The summed E-state index contributed by atoms with van der Waals surface area (Å²) in [5, 5.41) is 0. The van der Waals surface area contributed by atoms with Crippen LogP contribution in [-0.2, 0) is 14.3 Å². The molecule has 1 aromatic carbocycles. The molecule has 4 aliphatic rings. The lowest BCUT2D eigenvalue weighted by atomic mass is 9.46. The lowest BCUT2D eigenvalue weighted by Gasteiger charge is -2.59. The van der Waals surface area contributed by atoms with E-state index < -0.39 is 11.6 Å². The van der Waals surface area contributed by atoms with Crippen LogP contribution in [0.25, 0.3) is 0 Å². The Morgan fingerprint density at radius 2 is 1.67 bits per heavy atom. The van der Waals surface area contributed by atoms with E-state index in [0.717, 1.165) is 43.0 Å². The van der Waals surface area contributed by atoms with Crippen molar-refractivity contribution in [1.29, 1.82) is 0 Å². The molecule has 176 valence electrons. The van der Waals surface area contributed by atoms with Crippen LogP contribution in [0.3, 0.4) is 0 Å². The molecule has 0 N–H and O–H groups in total. The average Bonchev–Trinajstić information content (AvgIpc) is 3.08. The standard InChI is InChI=1S/C28H33BrO4/c1-17(30)28(33-25(32)18-4-7-20(29)8-5-18)15-12-24-22-9-6-19-16-21(31)10-13-26(19,2)23(22)11-14-27(24,28)3/h4-5,7-8,16,22-24H,6,9-15H2,1-3H3/t22-,23+,24+,26+,27+,28+/m1/s1. The SMILES string of the molecule is CC(=O)[C@@]1(OC(=O)c2ccc(Br)cc2)CC[C@H]2[C@@H]3CCC4=CC(=O)CC[C@]4(C)[C@H]3CC[C@@]21C. The van der Waals surface area contributed by atoms with Crippen molar-refractivity contribution in [3.8, 4) is 0 Å². The molecule has 0 aromatic heterocycles. The van der Waals surface area contributed by atoms with Crippen molar-refractivity contribution in [2.24, 2.45) is 28.6 Å². The minimum atomic E-state index is -1.06. The molecule has 0 amide bonds. The predicted molar refractivity (Wildman–Crippen MR) is 130 cm³/mol. The van der Waals surface area contributed by atoms with Crippen molar-refractivity contribution in [2.45, 2.75) is 77.7 Å². The second kappa shape index (κ2) is 7.90. The van der Waals surface area contributed by atoms with Crippen molar-refractivity contribution in [1.82, 2.24) is 0 Å². The van der Waals surface area contributed by atoms with Crippen molar-refractivity contribution in [3.63, 3.8) is 0 Å². The number of carbonyl (C=O) groups is 3. The maximum atomic E-state index is 13.2. The summed E-state index contributed by atoms with van der Waals surface area (Å²) < 4.78 is 7.12. The van der Waals surface area contributed by atoms with Gasteiger partial charge in [0.25, 0.3) is 0 Å². The van der Waals surface area contributed by atoms with Crippen LogP contribution in [0.4, 0.5) is 0 Å². The molecule has 1 aromatic rings. The summed E-state index contributed by atoms with van der Waals surface area (Å²) in [5.41, 5.74) is 0.500. The molecule has 5 heteroatoms. The third-order valence-corrected chi connectivity index (χ3v) is 10.5. The molecule has 4 nitrogen and oxygen atoms in total. The summed E-state index contributed by atoms with van der Waals surface area (Å²) in [6.07, 6.45) is 8.98. The molecule has 0 radical (unpaired) electrons. The zero-order valence-corrected chi connectivity index (χ0v) is 21.4. The van der Waals surface area contributed by atoms with Gasteiger partial charge in [0, 0.05) is 16.3 Å². The van der Waals surface area contributed by atoms with Crippen LogP contribution in [0.1, 0.15) is 82.5 Å². The molecule has 3 saturated carbocycles. The van der Waals surface area contributed by atoms with Crippen LogP contribution in [-0.4, -0.2) is 23.1 Å². The van der Waals surface area contributed by atoms with Gasteiger partial charge < -0.3 is 4.74 Å². The first-order chi connectivity index (χ1) is 15.6. The monoisotopic (exact) mass is 512 g/mol. The van der Waals surface area contributed by atoms with E-state index in [-0.39, 0.29) is 22.4 Å². The fourth-order valence-electron chi connectivity index (χ4n) is 8.18. The highest BCUT2D eigenvalue weighted by molar-refractivity contribution is 9.10. The van der Waals surface area contributed by atoms with Crippen LogP contribution in [0, 0.1) is 28.6 Å². The second-order valence-corrected chi connectivity index (χ2v) is 12.2. The number of benzene rings is 1. The van der Waals surface area contributed by atoms with Crippen molar-refractivity contribution in [3.05, 3.63) is 46.0 Å². The first-order valence-electron chi connectivity index (χ1n) is 12.3. The quantitative estimate of drug-likeness (QED) is 0.435. The smallest absolute Gasteiger partial charge is 0.339 e. The number of fused-ring (bicyclic) bond motifs is 5. The highest BCUT2D eigenvalue weighted by atomic mass is 79.9. The van der Waals surface area contributed by atoms with E-state index in [1.165, 1.54) is 5.57 Å². The van der Waals surface area contributed by atoms with Gasteiger partial charge in [-0.25, -0.2) is 4.79 Å². The maximum Gasteiger partial charge on any atom is 0.339 e. The number of carbonyl (C=O) groups excluding carboxylic acids is 3.